The smallest absolute Gasteiger partial charge is 0.343 e. The predicted molar refractivity (Wildman–Crippen MR) is 169 cm³/mol. The van der Waals surface area contributed by atoms with E-state index in [2.05, 4.69) is 21.6 Å². The number of hydrogen-bond acceptors (Lipinski definition) is 7. The van der Waals surface area contributed by atoms with Gasteiger partial charge in [0.25, 0.3) is 5.91 Å². The van der Waals surface area contributed by atoms with Crippen molar-refractivity contribution >= 4 is 34.7 Å². The molecule has 9 nitrogen and oxygen atoms in total. The molecular formula is C34H32N4O5. The highest BCUT2D eigenvalue weighted by Crippen LogP contribution is 2.35. The van der Waals surface area contributed by atoms with Crippen LogP contribution in [0.25, 0.3) is 22.0 Å². The topological polar surface area (TPSA) is 105 Å². The molecule has 4 aromatic carbocycles. The number of carbonyl (C=O) groups excluding carboxylic acids is 2. The standard InChI is InChI=1S/C34H32N4O5/c1-5-42-30-19-22(11-18-29(30)43-34(40)24-12-15-26(41-4)16-13-24)21-35-37-33(39)32-31(23-9-7-6-8-10-23)27-20-25(38(2)3)14-17-28(27)36-32/h6-21,36H,5H2,1-4H3,(H,37,39). The fraction of sp³-hybridized carbons (Fsp3) is 0.147. The van der Waals surface area contributed by atoms with Crippen molar-refractivity contribution in [3.05, 3.63) is 108 Å². The molecule has 0 aliphatic rings. The number of benzene rings is 4. The van der Waals surface area contributed by atoms with Crippen molar-refractivity contribution in [1.29, 1.82) is 0 Å². The molecule has 2 N–H and O–H groups in total. The second-order valence-corrected chi connectivity index (χ2v) is 9.82. The van der Waals surface area contributed by atoms with Crippen molar-refractivity contribution in [1.82, 2.24) is 10.4 Å². The van der Waals surface area contributed by atoms with Crippen LogP contribution in [0, 0.1) is 0 Å². The quantitative estimate of drug-likeness (QED) is 0.0876. The lowest BCUT2D eigenvalue weighted by molar-refractivity contribution is 0.0728. The number of ether oxygens (including phenoxy) is 3. The van der Waals surface area contributed by atoms with Crippen LogP contribution < -0.4 is 24.5 Å². The third-order valence-electron chi connectivity index (χ3n) is 6.76. The summed E-state index contributed by atoms with van der Waals surface area (Å²) in [6.45, 7) is 2.20. The highest BCUT2D eigenvalue weighted by Gasteiger charge is 2.20. The number of amides is 1. The minimum atomic E-state index is -0.525. The molecule has 1 aromatic heterocycles. The van der Waals surface area contributed by atoms with E-state index in [-0.39, 0.29) is 11.7 Å². The second kappa shape index (κ2) is 12.9. The van der Waals surface area contributed by atoms with Crippen molar-refractivity contribution in [3.8, 4) is 28.4 Å². The third kappa shape index (κ3) is 6.51. The van der Waals surface area contributed by atoms with Crippen LogP contribution in [0.2, 0.25) is 0 Å². The molecular weight excluding hydrogens is 544 g/mol. The van der Waals surface area contributed by atoms with E-state index >= 15 is 0 Å². The van der Waals surface area contributed by atoms with Crippen LogP contribution in [-0.4, -0.2) is 50.9 Å². The van der Waals surface area contributed by atoms with Gasteiger partial charge in [-0.1, -0.05) is 30.3 Å². The average Bonchev–Trinajstić information content (AvgIpc) is 3.42. The molecule has 1 heterocycles. The van der Waals surface area contributed by atoms with Gasteiger partial charge in [0.05, 0.1) is 25.5 Å². The number of esters is 1. The van der Waals surface area contributed by atoms with Crippen LogP contribution in [-0.2, 0) is 0 Å². The molecule has 43 heavy (non-hydrogen) atoms. The number of aromatic amines is 1. The van der Waals surface area contributed by atoms with Crippen molar-refractivity contribution < 1.29 is 23.8 Å². The maximum Gasteiger partial charge on any atom is 0.343 e. The SMILES string of the molecule is CCOc1cc(C=NNC(=O)c2[nH]c3ccc(N(C)C)cc3c2-c2ccccc2)ccc1OC(=O)c1ccc(OC)cc1. The Labute approximate surface area is 249 Å². The first-order valence-corrected chi connectivity index (χ1v) is 13.7. The molecule has 5 rings (SSSR count). The predicted octanol–water partition coefficient (Wildman–Crippen LogP) is 6.29. The summed E-state index contributed by atoms with van der Waals surface area (Å²) in [5.74, 6) is 0.377. The molecule has 9 heteroatoms. The van der Waals surface area contributed by atoms with Crippen LogP contribution in [0.4, 0.5) is 5.69 Å². The van der Waals surface area contributed by atoms with E-state index in [0.29, 0.717) is 34.9 Å². The van der Waals surface area contributed by atoms with Crippen molar-refractivity contribution in [2.75, 3.05) is 32.7 Å². The normalized spacial score (nSPS) is 11.0. The molecule has 0 unspecified atom stereocenters. The molecule has 0 aliphatic carbocycles. The van der Waals surface area contributed by atoms with E-state index < -0.39 is 5.97 Å². The summed E-state index contributed by atoms with van der Waals surface area (Å²) in [4.78, 5) is 31.4. The van der Waals surface area contributed by atoms with Gasteiger partial charge in [-0.2, -0.15) is 5.10 Å². The number of aromatic nitrogens is 1. The van der Waals surface area contributed by atoms with Crippen LogP contribution >= 0.6 is 0 Å². The van der Waals surface area contributed by atoms with Crippen molar-refractivity contribution in [2.24, 2.45) is 5.10 Å². The molecule has 0 spiro atoms. The monoisotopic (exact) mass is 576 g/mol. The lowest BCUT2D eigenvalue weighted by atomic mass is 10.0. The number of nitrogens with one attached hydrogen (secondary N) is 2. The lowest BCUT2D eigenvalue weighted by Gasteiger charge is -2.12. The van der Waals surface area contributed by atoms with E-state index in [4.69, 9.17) is 14.2 Å². The Hall–Kier alpha value is -5.57. The van der Waals surface area contributed by atoms with Crippen LogP contribution in [0.1, 0.15) is 33.3 Å². The largest absolute Gasteiger partial charge is 0.497 e. The summed E-state index contributed by atoms with van der Waals surface area (Å²) in [6.07, 6.45) is 1.50. The molecule has 5 aromatic rings. The maximum absolute atomic E-state index is 13.4. The van der Waals surface area contributed by atoms with Gasteiger partial charge in [-0.05, 0) is 78.7 Å². The number of hydrogen-bond donors (Lipinski definition) is 2. The summed E-state index contributed by atoms with van der Waals surface area (Å²) >= 11 is 0. The number of methoxy groups -OCH3 is 1. The zero-order valence-electron chi connectivity index (χ0n) is 24.4. The average molecular weight is 577 g/mol. The molecule has 0 bridgehead atoms. The van der Waals surface area contributed by atoms with Crippen LogP contribution in [0.3, 0.4) is 0 Å². The Morgan fingerprint density at radius 2 is 1.70 bits per heavy atom. The summed E-state index contributed by atoms with van der Waals surface area (Å²) in [5, 5.41) is 5.13. The van der Waals surface area contributed by atoms with E-state index in [1.54, 1.807) is 49.6 Å². The highest BCUT2D eigenvalue weighted by molar-refractivity contribution is 6.10. The van der Waals surface area contributed by atoms with E-state index in [9.17, 15) is 9.59 Å². The lowest BCUT2D eigenvalue weighted by Crippen LogP contribution is -2.18. The third-order valence-corrected chi connectivity index (χ3v) is 6.76. The van der Waals surface area contributed by atoms with Crippen molar-refractivity contribution in [2.45, 2.75) is 6.92 Å². The zero-order chi connectivity index (χ0) is 30.3. The number of anilines is 1. The number of fused-ring (bicyclic) bond motifs is 1. The molecule has 0 radical (unpaired) electrons. The van der Waals surface area contributed by atoms with Crippen molar-refractivity contribution in [3.63, 3.8) is 0 Å². The Bertz CT molecular complexity index is 1780. The number of nitrogens with zero attached hydrogens (tertiary/aromatic N) is 2. The van der Waals surface area contributed by atoms with Gasteiger partial charge in [-0.15, -0.1) is 0 Å². The van der Waals surface area contributed by atoms with Crippen LogP contribution in [0.5, 0.6) is 17.2 Å². The first kappa shape index (κ1) is 28.9. The molecule has 0 saturated heterocycles. The first-order chi connectivity index (χ1) is 20.9. The van der Waals surface area contributed by atoms with Gasteiger partial charge in [0.1, 0.15) is 11.4 Å². The van der Waals surface area contributed by atoms with Gasteiger partial charge in [-0.25, -0.2) is 10.2 Å². The summed E-state index contributed by atoms with van der Waals surface area (Å²) in [5.41, 5.74) is 7.65. The number of rotatable bonds is 10. The first-order valence-electron chi connectivity index (χ1n) is 13.7. The van der Waals surface area contributed by atoms with Gasteiger partial charge in [0.15, 0.2) is 11.5 Å². The Morgan fingerprint density at radius 1 is 0.930 bits per heavy atom. The van der Waals surface area contributed by atoms with Gasteiger partial charge in [0.2, 0.25) is 0 Å². The Morgan fingerprint density at radius 3 is 2.40 bits per heavy atom. The summed E-state index contributed by atoms with van der Waals surface area (Å²) in [7, 11) is 5.52. The maximum atomic E-state index is 13.4. The van der Waals surface area contributed by atoms with E-state index in [1.807, 2.05) is 68.4 Å². The minimum absolute atomic E-state index is 0.270. The van der Waals surface area contributed by atoms with E-state index in [0.717, 1.165) is 27.7 Å². The molecule has 1 amide bonds. The van der Waals surface area contributed by atoms with Gasteiger partial charge in [-0.3, -0.25) is 4.79 Å². The van der Waals surface area contributed by atoms with Gasteiger partial charge in [0, 0.05) is 36.2 Å². The van der Waals surface area contributed by atoms with Crippen LogP contribution in [0.15, 0.2) is 96.1 Å². The number of hydrazone groups is 1. The van der Waals surface area contributed by atoms with Gasteiger partial charge >= 0.3 is 5.97 Å². The minimum Gasteiger partial charge on any atom is -0.497 e. The molecule has 0 atom stereocenters. The molecule has 218 valence electrons. The zero-order valence-corrected chi connectivity index (χ0v) is 24.4. The number of H-pyrrole nitrogens is 1. The summed E-state index contributed by atoms with van der Waals surface area (Å²) in [6, 6.07) is 27.5. The highest BCUT2D eigenvalue weighted by atomic mass is 16.6. The Kier molecular flexibility index (Phi) is 8.71. The Balaban J connectivity index is 1.36. The van der Waals surface area contributed by atoms with Gasteiger partial charge < -0.3 is 24.1 Å². The fourth-order valence-electron chi connectivity index (χ4n) is 4.60. The number of carbonyl (C=O) groups is 2. The molecule has 0 saturated carbocycles. The molecule has 0 fully saturated rings. The fourth-order valence-corrected chi connectivity index (χ4v) is 4.60. The summed E-state index contributed by atoms with van der Waals surface area (Å²) < 4.78 is 16.5. The van der Waals surface area contributed by atoms with E-state index in [1.165, 1.54) is 6.21 Å². The second-order valence-electron chi connectivity index (χ2n) is 9.82. The molecule has 0 aliphatic heterocycles.